The van der Waals surface area contributed by atoms with E-state index >= 15 is 0 Å². The van der Waals surface area contributed by atoms with E-state index in [4.69, 9.17) is 0 Å². The summed E-state index contributed by atoms with van der Waals surface area (Å²) >= 11 is 0. The van der Waals surface area contributed by atoms with Crippen molar-refractivity contribution in [3.05, 3.63) is 29.3 Å². The Hall–Kier alpha value is -2.04. The zero-order valence-corrected chi connectivity index (χ0v) is 11.4. The van der Waals surface area contributed by atoms with Crippen LogP contribution in [0.15, 0.2) is 18.2 Å². The number of amides is 2. The van der Waals surface area contributed by atoms with Gasteiger partial charge in [-0.1, -0.05) is 0 Å². The van der Waals surface area contributed by atoms with Gasteiger partial charge < -0.3 is 15.3 Å². The van der Waals surface area contributed by atoms with Crippen molar-refractivity contribution in [3.63, 3.8) is 0 Å². The van der Waals surface area contributed by atoms with E-state index < -0.39 is 5.54 Å². The molecule has 2 rings (SSSR count). The second-order valence-corrected chi connectivity index (χ2v) is 5.27. The molecule has 0 bridgehead atoms. The van der Waals surface area contributed by atoms with Crippen LogP contribution in [0.4, 0.5) is 0 Å². The molecule has 1 aromatic rings. The topological polar surface area (TPSA) is 69.6 Å². The Balaban J connectivity index is 2.32. The number of benzene rings is 1. The molecule has 5 heteroatoms. The molecule has 0 unspecified atom stereocenters. The molecule has 0 aromatic heterocycles. The van der Waals surface area contributed by atoms with Gasteiger partial charge in [-0.3, -0.25) is 9.59 Å². The molecule has 0 saturated carbocycles. The fraction of sp³-hybridized carbons (Fsp3) is 0.429. The summed E-state index contributed by atoms with van der Waals surface area (Å²) in [6.07, 6.45) is 0. The molecule has 1 fully saturated rings. The van der Waals surface area contributed by atoms with E-state index in [-0.39, 0.29) is 17.6 Å². The normalized spacial score (nSPS) is 18.1. The number of aryl methyl sites for hydroxylation is 1. The summed E-state index contributed by atoms with van der Waals surface area (Å²) in [6, 6.07) is 4.72. The minimum atomic E-state index is -0.860. The maximum absolute atomic E-state index is 12.5. The summed E-state index contributed by atoms with van der Waals surface area (Å²) in [5, 5.41) is 12.2. The number of rotatable bonds is 1. The summed E-state index contributed by atoms with van der Waals surface area (Å²) in [4.78, 5) is 25.9. The highest BCUT2D eigenvalue weighted by atomic mass is 16.3. The monoisotopic (exact) mass is 262 g/mol. The van der Waals surface area contributed by atoms with Gasteiger partial charge in [-0.2, -0.15) is 0 Å². The lowest BCUT2D eigenvalue weighted by atomic mass is 9.97. The van der Waals surface area contributed by atoms with E-state index in [1.807, 2.05) is 0 Å². The van der Waals surface area contributed by atoms with Crippen molar-refractivity contribution in [2.45, 2.75) is 26.3 Å². The first-order valence-corrected chi connectivity index (χ1v) is 6.24. The van der Waals surface area contributed by atoms with Crippen LogP contribution in [0.2, 0.25) is 0 Å². The summed E-state index contributed by atoms with van der Waals surface area (Å²) in [5.74, 6) is -0.183. The molecule has 2 N–H and O–H groups in total. The maximum atomic E-state index is 12.5. The SMILES string of the molecule is Cc1cc(C(=O)N2CCNC(=O)C2(C)C)ccc1O. The molecule has 5 nitrogen and oxygen atoms in total. The standard InChI is InChI=1S/C14H18N2O3/c1-9-8-10(4-5-11(9)17)12(18)16-7-6-15-13(19)14(16,2)3/h4-5,8,17H,6-7H2,1-3H3,(H,15,19). The van der Waals surface area contributed by atoms with Crippen LogP contribution in [0.5, 0.6) is 5.75 Å². The molecule has 0 radical (unpaired) electrons. The Labute approximate surface area is 112 Å². The van der Waals surface area contributed by atoms with E-state index in [1.165, 1.54) is 6.07 Å². The summed E-state index contributed by atoms with van der Waals surface area (Å²) < 4.78 is 0. The Morgan fingerprint density at radius 1 is 1.42 bits per heavy atom. The van der Waals surface area contributed by atoms with Crippen molar-refractivity contribution in [1.29, 1.82) is 0 Å². The van der Waals surface area contributed by atoms with E-state index in [2.05, 4.69) is 5.32 Å². The Kier molecular flexibility index (Phi) is 3.22. The van der Waals surface area contributed by atoms with E-state index in [0.29, 0.717) is 24.2 Å². The Morgan fingerprint density at radius 2 is 2.11 bits per heavy atom. The second-order valence-electron chi connectivity index (χ2n) is 5.27. The molecule has 102 valence electrons. The van der Waals surface area contributed by atoms with Crippen LogP contribution in [0, 0.1) is 6.92 Å². The first kappa shape index (κ1) is 13.4. The second kappa shape index (κ2) is 4.57. The number of nitrogens with one attached hydrogen (secondary N) is 1. The van der Waals surface area contributed by atoms with Gasteiger partial charge in [0.1, 0.15) is 11.3 Å². The molecule has 0 atom stereocenters. The van der Waals surface area contributed by atoms with Crippen LogP contribution in [-0.2, 0) is 4.79 Å². The predicted octanol–water partition coefficient (Wildman–Crippen LogP) is 1.05. The highest BCUT2D eigenvalue weighted by Crippen LogP contribution is 2.23. The average Bonchev–Trinajstić information content (AvgIpc) is 2.35. The van der Waals surface area contributed by atoms with Crippen LogP contribution < -0.4 is 5.32 Å². The number of piperazine rings is 1. The van der Waals surface area contributed by atoms with E-state index in [9.17, 15) is 14.7 Å². The molecule has 1 aliphatic heterocycles. The van der Waals surface area contributed by atoms with Crippen molar-refractivity contribution in [3.8, 4) is 5.75 Å². The lowest BCUT2D eigenvalue weighted by molar-refractivity contribution is -0.133. The van der Waals surface area contributed by atoms with Crippen molar-refractivity contribution in [2.75, 3.05) is 13.1 Å². The molecular formula is C14H18N2O3. The van der Waals surface area contributed by atoms with Gasteiger partial charge in [0.05, 0.1) is 0 Å². The lowest BCUT2D eigenvalue weighted by Crippen LogP contribution is -2.63. The number of phenols is 1. The van der Waals surface area contributed by atoms with Crippen molar-refractivity contribution in [1.82, 2.24) is 10.2 Å². The summed E-state index contributed by atoms with van der Waals surface area (Å²) in [6.45, 7) is 6.14. The molecule has 19 heavy (non-hydrogen) atoms. The van der Waals surface area contributed by atoms with E-state index in [1.54, 1.807) is 37.8 Å². The molecule has 1 aliphatic rings. The van der Waals surface area contributed by atoms with Crippen molar-refractivity contribution in [2.24, 2.45) is 0 Å². The van der Waals surface area contributed by atoms with Gasteiger partial charge in [-0.05, 0) is 44.5 Å². The molecular weight excluding hydrogens is 244 g/mol. The molecule has 0 aliphatic carbocycles. The molecule has 1 heterocycles. The first-order chi connectivity index (χ1) is 8.84. The fourth-order valence-electron chi connectivity index (χ4n) is 2.20. The van der Waals surface area contributed by atoms with Gasteiger partial charge >= 0.3 is 0 Å². The van der Waals surface area contributed by atoms with Crippen LogP contribution >= 0.6 is 0 Å². The predicted molar refractivity (Wildman–Crippen MR) is 71.0 cm³/mol. The van der Waals surface area contributed by atoms with Crippen LogP contribution in [0.1, 0.15) is 29.8 Å². The number of carbonyl (C=O) groups is 2. The van der Waals surface area contributed by atoms with Gasteiger partial charge in [-0.15, -0.1) is 0 Å². The van der Waals surface area contributed by atoms with Crippen molar-refractivity contribution >= 4 is 11.8 Å². The highest BCUT2D eigenvalue weighted by Gasteiger charge is 2.40. The van der Waals surface area contributed by atoms with Crippen molar-refractivity contribution < 1.29 is 14.7 Å². The minimum absolute atomic E-state index is 0.150. The van der Waals surface area contributed by atoms with Crippen LogP contribution in [0.25, 0.3) is 0 Å². The quantitative estimate of drug-likeness (QED) is 0.795. The number of hydrogen-bond acceptors (Lipinski definition) is 3. The number of phenolic OH excluding ortho intramolecular Hbond substituents is 1. The number of aromatic hydroxyl groups is 1. The number of hydrogen-bond donors (Lipinski definition) is 2. The van der Waals surface area contributed by atoms with Gasteiger partial charge in [0, 0.05) is 18.7 Å². The Bertz CT molecular complexity index is 537. The Morgan fingerprint density at radius 3 is 2.74 bits per heavy atom. The number of carbonyl (C=O) groups excluding carboxylic acids is 2. The van der Waals surface area contributed by atoms with Gasteiger partial charge in [0.2, 0.25) is 5.91 Å². The first-order valence-electron chi connectivity index (χ1n) is 6.24. The van der Waals surface area contributed by atoms with Gasteiger partial charge in [0.25, 0.3) is 5.91 Å². The molecule has 1 aromatic carbocycles. The van der Waals surface area contributed by atoms with Crippen LogP contribution in [0.3, 0.4) is 0 Å². The molecule has 2 amide bonds. The third-order valence-corrected chi connectivity index (χ3v) is 3.54. The average molecular weight is 262 g/mol. The van der Waals surface area contributed by atoms with E-state index in [0.717, 1.165) is 0 Å². The minimum Gasteiger partial charge on any atom is -0.508 e. The summed E-state index contributed by atoms with van der Waals surface area (Å²) in [7, 11) is 0. The van der Waals surface area contributed by atoms with Gasteiger partial charge in [0.15, 0.2) is 0 Å². The molecule has 1 saturated heterocycles. The zero-order valence-electron chi connectivity index (χ0n) is 11.4. The lowest BCUT2D eigenvalue weighted by Gasteiger charge is -2.41. The van der Waals surface area contributed by atoms with Gasteiger partial charge in [-0.25, -0.2) is 0 Å². The summed E-state index contributed by atoms with van der Waals surface area (Å²) in [5.41, 5.74) is 0.268. The smallest absolute Gasteiger partial charge is 0.254 e. The number of nitrogens with zero attached hydrogens (tertiary/aromatic N) is 1. The third-order valence-electron chi connectivity index (χ3n) is 3.54. The maximum Gasteiger partial charge on any atom is 0.254 e. The molecule has 0 spiro atoms. The fourth-order valence-corrected chi connectivity index (χ4v) is 2.20. The van der Waals surface area contributed by atoms with Crippen LogP contribution in [-0.4, -0.2) is 40.4 Å². The third kappa shape index (κ3) is 2.28. The largest absolute Gasteiger partial charge is 0.508 e. The highest BCUT2D eigenvalue weighted by molar-refractivity contribution is 5.99. The zero-order chi connectivity index (χ0) is 14.2.